The van der Waals surface area contributed by atoms with Crippen molar-refractivity contribution in [2.45, 2.75) is 59.3 Å². The van der Waals surface area contributed by atoms with Crippen molar-refractivity contribution < 1.29 is 4.79 Å². The molecule has 0 spiro atoms. The molecule has 0 aromatic carbocycles. The molecule has 0 aliphatic heterocycles. The van der Waals surface area contributed by atoms with Crippen LogP contribution in [0.15, 0.2) is 0 Å². The second-order valence-electron chi connectivity index (χ2n) is 5.85. The van der Waals surface area contributed by atoms with E-state index in [4.69, 9.17) is 5.73 Å². The van der Waals surface area contributed by atoms with E-state index in [1.807, 2.05) is 4.90 Å². The highest BCUT2D eigenvalue weighted by Gasteiger charge is 2.38. The predicted octanol–water partition coefficient (Wildman–Crippen LogP) is 2.79. The lowest BCUT2D eigenvalue weighted by Crippen LogP contribution is -2.44. The number of hydrogen-bond donors (Lipinski definition) is 1. The SMILES string of the molecule is CCC(CC)CN(CC)C(=O)CC1(CN)CCC1. The third-order valence-electron chi connectivity index (χ3n) is 4.74. The van der Waals surface area contributed by atoms with Gasteiger partial charge >= 0.3 is 0 Å². The second-order valence-corrected chi connectivity index (χ2v) is 5.85. The highest BCUT2D eigenvalue weighted by atomic mass is 16.2. The molecule has 2 N–H and O–H groups in total. The first-order valence-corrected chi connectivity index (χ1v) is 7.58. The number of rotatable bonds is 8. The van der Waals surface area contributed by atoms with Crippen LogP contribution in [-0.2, 0) is 4.79 Å². The lowest BCUT2D eigenvalue weighted by atomic mass is 9.66. The minimum Gasteiger partial charge on any atom is -0.343 e. The van der Waals surface area contributed by atoms with Gasteiger partial charge in [-0.05, 0) is 37.6 Å². The van der Waals surface area contributed by atoms with Crippen molar-refractivity contribution in [3.63, 3.8) is 0 Å². The number of amides is 1. The number of carbonyl (C=O) groups is 1. The summed E-state index contributed by atoms with van der Waals surface area (Å²) in [4.78, 5) is 14.4. The summed E-state index contributed by atoms with van der Waals surface area (Å²) in [5.74, 6) is 0.957. The van der Waals surface area contributed by atoms with Crippen molar-refractivity contribution in [3.05, 3.63) is 0 Å². The van der Waals surface area contributed by atoms with E-state index in [-0.39, 0.29) is 5.41 Å². The molecule has 1 saturated carbocycles. The molecule has 0 radical (unpaired) electrons. The molecule has 0 heterocycles. The van der Waals surface area contributed by atoms with E-state index in [0.29, 0.717) is 24.8 Å². The normalized spacial score (nSPS) is 17.6. The summed E-state index contributed by atoms with van der Waals surface area (Å²) < 4.78 is 0. The Bertz CT molecular complexity index is 252. The smallest absolute Gasteiger partial charge is 0.223 e. The molecule has 18 heavy (non-hydrogen) atoms. The van der Waals surface area contributed by atoms with Gasteiger partial charge in [-0.25, -0.2) is 0 Å². The molecule has 1 amide bonds. The van der Waals surface area contributed by atoms with Gasteiger partial charge in [0.25, 0.3) is 0 Å². The standard InChI is InChI=1S/C15H30N2O/c1-4-13(5-2)11-17(6-3)14(18)10-15(12-16)8-7-9-15/h13H,4-12,16H2,1-3H3. The molecule has 106 valence electrons. The molecule has 0 bridgehead atoms. The van der Waals surface area contributed by atoms with E-state index >= 15 is 0 Å². The van der Waals surface area contributed by atoms with Crippen LogP contribution in [0.2, 0.25) is 0 Å². The summed E-state index contributed by atoms with van der Waals surface area (Å²) in [7, 11) is 0. The third-order valence-corrected chi connectivity index (χ3v) is 4.74. The molecule has 0 saturated heterocycles. The monoisotopic (exact) mass is 254 g/mol. The van der Waals surface area contributed by atoms with Crippen molar-refractivity contribution in [1.82, 2.24) is 4.90 Å². The van der Waals surface area contributed by atoms with Gasteiger partial charge in [0.2, 0.25) is 5.91 Å². The summed E-state index contributed by atoms with van der Waals surface area (Å²) in [6.45, 7) is 8.91. The Morgan fingerprint density at radius 2 is 1.89 bits per heavy atom. The van der Waals surface area contributed by atoms with Crippen molar-refractivity contribution >= 4 is 5.91 Å². The number of carbonyl (C=O) groups excluding carboxylic acids is 1. The minimum atomic E-state index is 0.137. The summed E-state index contributed by atoms with van der Waals surface area (Å²) in [5, 5.41) is 0. The van der Waals surface area contributed by atoms with E-state index in [0.717, 1.165) is 38.8 Å². The van der Waals surface area contributed by atoms with Crippen molar-refractivity contribution in [1.29, 1.82) is 0 Å². The van der Waals surface area contributed by atoms with Gasteiger partial charge in [-0.1, -0.05) is 33.1 Å². The third kappa shape index (κ3) is 3.71. The summed E-state index contributed by atoms with van der Waals surface area (Å²) in [5.41, 5.74) is 5.98. The maximum atomic E-state index is 12.4. The summed E-state index contributed by atoms with van der Waals surface area (Å²) in [6, 6.07) is 0. The topological polar surface area (TPSA) is 46.3 Å². The largest absolute Gasteiger partial charge is 0.343 e. The minimum absolute atomic E-state index is 0.137. The Hall–Kier alpha value is -0.570. The highest BCUT2D eigenvalue weighted by Crippen LogP contribution is 2.43. The number of hydrogen-bond acceptors (Lipinski definition) is 2. The Morgan fingerprint density at radius 1 is 1.28 bits per heavy atom. The van der Waals surface area contributed by atoms with E-state index in [2.05, 4.69) is 20.8 Å². The Morgan fingerprint density at radius 3 is 2.22 bits per heavy atom. The molecule has 1 aliphatic carbocycles. The zero-order valence-electron chi connectivity index (χ0n) is 12.4. The van der Waals surface area contributed by atoms with Crippen LogP contribution < -0.4 is 5.73 Å². The maximum Gasteiger partial charge on any atom is 0.223 e. The molecule has 3 nitrogen and oxygen atoms in total. The first-order chi connectivity index (χ1) is 8.60. The van der Waals surface area contributed by atoms with Crippen LogP contribution in [0.1, 0.15) is 59.3 Å². The summed E-state index contributed by atoms with van der Waals surface area (Å²) >= 11 is 0. The van der Waals surface area contributed by atoms with Crippen molar-refractivity contribution in [2.75, 3.05) is 19.6 Å². The maximum absolute atomic E-state index is 12.4. The first kappa shape index (κ1) is 15.5. The molecule has 0 atom stereocenters. The van der Waals surface area contributed by atoms with Gasteiger partial charge in [-0.2, -0.15) is 0 Å². The van der Waals surface area contributed by atoms with Crippen LogP contribution >= 0.6 is 0 Å². The quantitative estimate of drug-likeness (QED) is 0.724. The fourth-order valence-corrected chi connectivity index (χ4v) is 2.83. The molecular weight excluding hydrogens is 224 g/mol. The van der Waals surface area contributed by atoms with Gasteiger partial charge in [-0.3, -0.25) is 4.79 Å². The Kier molecular flexibility index (Phi) is 6.13. The van der Waals surface area contributed by atoms with Crippen molar-refractivity contribution in [2.24, 2.45) is 17.1 Å². The molecule has 0 aromatic rings. The fourth-order valence-electron chi connectivity index (χ4n) is 2.83. The van der Waals surface area contributed by atoms with Crippen LogP contribution in [0.4, 0.5) is 0 Å². The fraction of sp³-hybridized carbons (Fsp3) is 0.933. The van der Waals surface area contributed by atoms with Crippen LogP contribution in [0.3, 0.4) is 0 Å². The molecule has 1 fully saturated rings. The summed E-state index contributed by atoms with van der Waals surface area (Å²) in [6.07, 6.45) is 6.49. The van der Waals surface area contributed by atoms with Gasteiger partial charge in [0.1, 0.15) is 0 Å². The zero-order chi connectivity index (χ0) is 13.6. The molecule has 0 unspecified atom stereocenters. The van der Waals surface area contributed by atoms with Gasteiger partial charge in [-0.15, -0.1) is 0 Å². The second kappa shape index (κ2) is 7.13. The molecule has 0 aromatic heterocycles. The van der Waals surface area contributed by atoms with Crippen LogP contribution in [0.25, 0.3) is 0 Å². The van der Waals surface area contributed by atoms with Gasteiger partial charge in [0.15, 0.2) is 0 Å². The van der Waals surface area contributed by atoms with Crippen LogP contribution in [-0.4, -0.2) is 30.4 Å². The van der Waals surface area contributed by atoms with Crippen molar-refractivity contribution in [3.8, 4) is 0 Å². The Labute approximate surface area is 112 Å². The van der Waals surface area contributed by atoms with Crippen LogP contribution in [0, 0.1) is 11.3 Å². The van der Waals surface area contributed by atoms with Gasteiger partial charge in [0.05, 0.1) is 0 Å². The average Bonchev–Trinajstić information content (AvgIpc) is 2.35. The van der Waals surface area contributed by atoms with Gasteiger partial charge < -0.3 is 10.6 Å². The van der Waals surface area contributed by atoms with E-state index in [1.165, 1.54) is 6.42 Å². The first-order valence-electron chi connectivity index (χ1n) is 7.58. The zero-order valence-corrected chi connectivity index (χ0v) is 12.4. The number of nitrogens with zero attached hydrogens (tertiary/aromatic N) is 1. The van der Waals surface area contributed by atoms with Crippen LogP contribution in [0.5, 0.6) is 0 Å². The molecule has 1 rings (SSSR count). The molecule has 3 heteroatoms. The average molecular weight is 254 g/mol. The highest BCUT2D eigenvalue weighted by molar-refractivity contribution is 5.77. The molecule has 1 aliphatic rings. The van der Waals surface area contributed by atoms with E-state index in [9.17, 15) is 4.79 Å². The predicted molar refractivity (Wildman–Crippen MR) is 76.3 cm³/mol. The van der Waals surface area contributed by atoms with Gasteiger partial charge in [0, 0.05) is 19.5 Å². The van der Waals surface area contributed by atoms with E-state index in [1.54, 1.807) is 0 Å². The lowest BCUT2D eigenvalue weighted by molar-refractivity contribution is -0.135. The van der Waals surface area contributed by atoms with E-state index < -0.39 is 0 Å². The number of nitrogens with two attached hydrogens (primary N) is 1. The molecular formula is C15H30N2O. The lowest BCUT2D eigenvalue weighted by Gasteiger charge is -2.41. The Balaban J connectivity index is 2.51.